The van der Waals surface area contributed by atoms with Crippen molar-refractivity contribution in [1.29, 1.82) is 0 Å². The van der Waals surface area contributed by atoms with Gasteiger partial charge in [-0.3, -0.25) is 9.59 Å². The third kappa shape index (κ3) is 8.08. The minimum Gasteiger partial charge on any atom is -0.377 e. The fraction of sp³-hybridized carbons (Fsp3) is 0.667. The molecule has 1 rings (SSSR count). The molecule has 1 aromatic rings. The summed E-state index contributed by atoms with van der Waals surface area (Å²) in [4.78, 5) is 29.4. The van der Waals surface area contributed by atoms with Crippen molar-refractivity contribution in [3.8, 4) is 0 Å². The monoisotopic (exact) mass is 403 g/mol. The Morgan fingerprint density at radius 2 is 1.69 bits per heavy atom. The Bertz CT molecular complexity index is 673. The van der Waals surface area contributed by atoms with Crippen LogP contribution in [0.1, 0.15) is 72.8 Å². The maximum absolute atomic E-state index is 13.0. The maximum atomic E-state index is 13.0. The number of carbonyl (C=O) groups is 2. The molecule has 0 spiro atoms. The summed E-state index contributed by atoms with van der Waals surface area (Å²) in [6, 6.07) is 5.97. The van der Waals surface area contributed by atoms with Gasteiger partial charge in [-0.05, 0) is 48.4 Å². The number of anilines is 2. The van der Waals surface area contributed by atoms with Gasteiger partial charge in [0.2, 0.25) is 11.8 Å². The SMILES string of the molecule is CCCN(Cc1cc(NC(=O)CC(C)(C)C)ccc1N(C)C)C(=O)C(CC)CC. The van der Waals surface area contributed by atoms with Crippen LogP contribution in [0.2, 0.25) is 0 Å². The van der Waals surface area contributed by atoms with Crippen molar-refractivity contribution in [3.05, 3.63) is 23.8 Å². The van der Waals surface area contributed by atoms with Gasteiger partial charge in [0, 0.05) is 50.9 Å². The Kier molecular flexibility index (Phi) is 9.67. The number of rotatable bonds is 10. The molecule has 0 aliphatic carbocycles. The quantitative estimate of drug-likeness (QED) is 0.576. The predicted octanol–water partition coefficient (Wildman–Crippen LogP) is 5.30. The van der Waals surface area contributed by atoms with Crippen LogP contribution in [0.4, 0.5) is 11.4 Å². The van der Waals surface area contributed by atoms with Crippen LogP contribution in [0.15, 0.2) is 18.2 Å². The predicted molar refractivity (Wildman–Crippen MR) is 123 cm³/mol. The standard InChI is InChI=1S/C24H41N3O2/c1-9-14-27(23(29)18(10-2)11-3)17-19-15-20(12-13-21(19)26(7)8)25-22(28)16-24(4,5)6/h12-13,15,18H,9-11,14,16-17H2,1-8H3,(H,25,28). The first-order valence-electron chi connectivity index (χ1n) is 10.9. The average molecular weight is 404 g/mol. The highest BCUT2D eigenvalue weighted by Gasteiger charge is 2.23. The molecular formula is C24H41N3O2. The molecule has 0 aliphatic rings. The lowest BCUT2D eigenvalue weighted by Gasteiger charge is -2.28. The van der Waals surface area contributed by atoms with Crippen LogP contribution in [0.25, 0.3) is 0 Å². The van der Waals surface area contributed by atoms with Gasteiger partial charge in [-0.2, -0.15) is 0 Å². The zero-order valence-corrected chi connectivity index (χ0v) is 19.8. The Hall–Kier alpha value is -2.04. The molecule has 1 N–H and O–H groups in total. The summed E-state index contributed by atoms with van der Waals surface area (Å²) in [7, 11) is 4.01. The van der Waals surface area contributed by atoms with Gasteiger partial charge in [0.05, 0.1) is 0 Å². The molecule has 0 aromatic heterocycles. The molecule has 0 fully saturated rings. The first-order chi connectivity index (χ1) is 13.5. The van der Waals surface area contributed by atoms with E-state index < -0.39 is 0 Å². The second-order valence-corrected chi connectivity index (χ2v) is 9.30. The fourth-order valence-electron chi connectivity index (χ4n) is 3.55. The first-order valence-corrected chi connectivity index (χ1v) is 10.9. The molecule has 0 saturated carbocycles. The molecule has 0 aliphatic heterocycles. The minimum absolute atomic E-state index is 0.0135. The lowest BCUT2D eigenvalue weighted by atomic mass is 9.92. The van der Waals surface area contributed by atoms with Crippen molar-refractivity contribution in [2.24, 2.45) is 11.3 Å². The third-order valence-electron chi connectivity index (χ3n) is 5.04. The summed E-state index contributed by atoms with van der Waals surface area (Å²) < 4.78 is 0. The molecule has 0 bridgehead atoms. The van der Waals surface area contributed by atoms with Crippen LogP contribution in [0.3, 0.4) is 0 Å². The van der Waals surface area contributed by atoms with Gasteiger partial charge in [-0.25, -0.2) is 0 Å². The highest BCUT2D eigenvalue weighted by Crippen LogP contribution is 2.27. The minimum atomic E-state index is -0.0594. The van der Waals surface area contributed by atoms with Gasteiger partial charge in [0.1, 0.15) is 0 Å². The Labute approximate surface area is 177 Å². The van der Waals surface area contributed by atoms with Crippen LogP contribution >= 0.6 is 0 Å². The topological polar surface area (TPSA) is 52.7 Å². The van der Waals surface area contributed by atoms with Crippen molar-refractivity contribution in [3.63, 3.8) is 0 Å². The number of hydrogen-bond donors (Lipinski definition) is 1. The third-order valence-corrected chi connectivity index (χ3v) is 5.04. The summed E-state index contributed by atoms with van der Waals surface area (Å²) in [5.74, 6) is 0.308. The molecule has 0 heterocycles. The van der Waals surface area contributed by atoms with Crippen molar-refractivity contribution >= 4 is 23.2 Å². The van der Waals surface area contributed by atoms with E-state index in [1.54, 1.807) is 0 Å². The highest BCUT2D eigenvalue weighted by molar-refractivity contribution is 5.91. The molecule has 0 saturated heterocycles. The van der Waals surface area contributed by atoms with Gasteiger partial charge in [-0.1, -0.05) is 41.5 Å². The second kappa shape index (κ2) is 11.2. The highest BCUT2D eigenvalue weighted by atomic mass is 16.2. The van der Waals surface area contributed by atoms with E-state index in [2.05, 4.69) is 51.8 Å². The zero-order chi connectivity index (χ0) is 22.2. The molecule has 2 amide bonds. The normalized spacial score (nSPS) is 11.5. The Balaban J connectivity index is 3.14. The van der Waals surface area contributed by atoms with E-state index in [1.165, 1.54) is 0 Å². The maximum Gasteiger partial charge on any atom is 0.225 e. The molecule has 0 atom stereocenters. The van der Waals surface area contributed by atoms with Crippen LogP contribution < -0.4 is 10.2 Å². The fourth-order valence-corrected chi connectivity index (χ4v) is 3.55. The van der Waals surface area contributed by atoms with Gasteiger partial charge in [0.15, 0.2) is 0 Å². The van der Waals surface area contributed by atoms with Crippen molar-refractivity contribution < 1.29 is 9.59 Å². The van der Waals surface area contributed by atoms with Crippen molar-refractivity contribution in [2.45, 2.75) is 73.8 Å². The summed E-state index contributed by atoms with van der Waals surface area (Å²) in [6.45, 7) is 13.7. The average Bonchev–Trinajstić information content (AvgIpc) is 2.60. The van der Waals surface area contributed by atoms with Gasteiger partial charge in [-0.15, -0.1) is 0 Å². The number of hydrogen-bond acceptors (Lipinski definition) is 3. The molecule has 5 heteroatoms. The van der Waals surface area contributed by atoms with E-state index in [9.17, 15) is 9.59 Å². The molecule has 164 valence electrons. The van der Waals surface area contributed by atoms with E-state index in [-0.39, 0.29) is 23.1 Å². The van der Waals surface area contributed by atoms with Crippen LogP contribution in [-0.2, 0) is 16.1 Å². The van der Waals surface area contributed by atoms with E-state index >= 15 is 0 Å². The molecule has 0 unspecified atom stereocenters. The van der Waals surface area contributed by atoms with Crippen LogP contribution in [0, 0.1) is 11.3 Å². The molecule has 5 nitrogen and oxygen atoms in total. The summed E-state index contributed by atoms with van der Waals surface area (Å²) in [6.07, 6.45) is 3.11. The molecule has 29 heavy (non-hydrogen) atoms. The van der Waals surface area contributed by atoms with Crippen LogP contribution in [0.5, 0.6) is 0 Å². The Morgan fingerprint density at radius 3 is 2.17 bits per heavy atom. The summed E-state index contributed by atoms with van der Waals surface area (Å²) in [5.41, 5.74) is 2.84. The largest absolute Gasteiger partial charge is 0.377 e. The molecule has 1 aromatic carbocycles. The van der Waals surface area contributed by atoms with Crippen molar-refractivity contribution in [2.75, 3.05) is 30.9 Å². The summed E-state index contributed by atoms with van der Waals surface area (Å²) >= 11 is 0. The second-order valence-electron chi connectivity index (χ2n) is 9.30. The molecule has 0 radical (unpaired) electrons. The van der Waals surface area contributed by atoms with E-state index in [1.807, 2.05) is 37.2 Å². The number of carbonyl (C=O) groups excluding carboxylic acids is 2. The van der Waals surface area contributed by atoms with Crippen LogP contribution in [-0.4, -0.2) is 37.4 Å². The number of amides is 2. The molecular weight excluding hydrogens is 362 g/mol. The first kappa shape index (κ1) is 25.0. The van der Waals surface area contributed by atoms with Crippen molar-refractivity contribution in [1.82, 2.24) is 4.90 Å². The number of nitrogens with zero attached hydrogens (tertiary/aromatic N) is 2. The lowest BCUT2D eigenvalue weighted by molar-refractivity contribution is -0.136. The Morgan fingerprint density at radius 1 is 1.07 bits per heavy atom. The van der Waals surface area contributed by atoms with Gasteiger partial charge < -0.3 is 15.1 Å². The zero-order valence-electron chi connectivity index (χ0n) is 19.8. The van der Waals surface area contributed by atoms with Gasteiger partial charge >= 0.3 is 0 Å². The van der Waals surface area contributed by atoms with E-state index in [0.29, 0.717) is 13.0 Å². The summed E-state index contributed by atoms with van der Waals surface area (Å²) in [5, 5.41) is 3.02. The van der Waals surface area contributed by atoms with E-state index in [0.717, 1.165) is 42.7 Å². The smallest absolute Gasteiger partial charge is 0.225 e. The number of benzene rings is 1. The van der Waals surface area contributed by atoms with E-state index in [4.69, 9.17) is 0 Å². The number of nitrogens with one attached hydrogen (secondary N) is 1. The lowest BCUT2D eigenvalue weighted by Crippen LogP contribution is -2.36. The van der Waals surface area contributed by atoms with Gasteiger partial charge in [0.25, 0.3) is 0 Å².